The molecule has 0 rings (SSSR count). The highest BCUT2D eigenvalue weighted by molar-refractivity contribution is 7.47. The average Bonchev–Trinajstić information content (AvgIpc) is 3.34. The monoisotopic (exact) mass is 992 g/mol. The van der Waals surface area contributed by atoms with Crippen molar-refractivity contribution < 1.29 is 37.6 Å². The number of esters is 2. The number of carbonyl (C=O) groups is 2. The second kappa shape index (κ2) is 55.3. The lowest BCUT2D eigenvalue weighted by Crippen LogP contribution is -2.29. The number of phosphoric acid groups is 1. The third kappa shape index (κ3) is 55.1. The van der Waals surface area contributed by atoms with E-state index in [0.29, 0.717) is 6.42 Å². The number of hydrogen-bond donors (Lipinski definition) is 2. The first-order chi connectivity index (χ1) is 33.8. The number of nitrogens with two attached hydrogens (primary N) is 1. The molecule has 404 valence electrons. The first-order valence-corrected chi connectivity index (χ1v) is 30.6. The van der Waals surface area contributed by atoms with Gasteiger partial charge in [-0.05, 0) is 51.4 Å². The van der Waals surface area contributed by atoms with E-state index in [9.17, 15) is 19.0 Å². The van der Waals surface area contributed by atoms with Crippen molar-refractivity contribution in [2.75, 3.05) is 26.4 Å². The maximum Gasteiger partial charge on any atom is 0.472 e. The lowest BCUT2D eigenvalue weighted by Gasteiger charge is -2.19. The molecule has 2 atom stereocenters. The molecule has 0 saturated heterocycles. The summed E-state index contributed by atoms with van der Waals surface area (Å²) in [6.07, 6.45) is 67.4. The zero-order chi connectivity index (χ0) is 50.2. The molecular formula is C59H110NO8P. The van der Waals surface area contributed by atoms with Gasteiger partial charge in [-0.3, -0.25) is 18.6 Å². The molecule has 0 aliphatic rings. The van der Waals surface area contributed by atoms with Crippen LogP contribution in [0.25, 0.3) is 0 Å². The molecule has 0 aliphatic heterocycles. The number of unbranched alkanes of at least 4 members (excludes halogenated alkanes) is 34. The van der Waals surface area contributed by atoms with Crippen LogP contribution in [-0.2, 0) is 32.7 Å². The normalized spacial score (nSPS) is 13.4. The molecule has 0 aromatic rings. The second-order valence-electron chi connectivity index (χ2n) is 19.5. The van der Waals surface area contributed by atoms with Crippen molar-refractivity contribution in [3.05, 3.63) is 48.6 Å². The third-order valence-electron chi connectivity index (χ3n) is 12.7. The molecule has 0 fully saturated rings. The fourth-order valence-corrected chi connectivity index (χ4v) is 9.22. The molecule has 0 bridgehead atoms. The van der Waals surface area contributed by atoms with Gasteiger partial charge in [0.15, 0.2) is 6.10 Å². The number of rotatable bonds is 55. The van der Waals surface area contributed by atoms with E-state index in [2.05, 4.69) is 62.5 Å². The summed E-state index contributed by atoms with van der Waals surface area (Å²) in [5.41, 5.74) is 5.38. The smallest absolute Gasteiger partial charge is 0.462 e. The third-order valence-corrected chi connectivity index (χ3v) is 13.7. The lowest BCUT2D eigenvalue weighted by atomic mass is 10.0. The number of hydrogen-bond acceptors (Lipinski definition) is 8. The first kappa shape index (κ1) is 67.0. The summed E-state index contributed by atoms with van der Waals surface area (Å²) in [6.45, 7) is 3.67. The van der Waals surface area contributed by atoms with Gasteiger partial charge in [0.1, 0.15) is 6.61 Å². The van der Waals surface area contributed by atoms with Gasteiger partial charge < -0.3 is 20.1 Å². The first-order valence-electron chi connectivity index (χ1n) is 29.1. The summed E-state index contributed by atoms with van der Waals surface area (Å²) in [5.74, 6) is -0.820. The number of carbonyl (C=O) groups excluding carboxylic acids is 2. The highest BCUT2D eigenvalue weighted by Crippen LogP contribution is 2.43. The van der Waals surface area contributed by atoms with E-state index in [0.717, 1.165) is 70.6 Å². The van der Waals surface area contributed by atoms with E-state index in [-0.39, 0.29) is 38.6 Å². The molecule has 3 N–H and O–H groups in total. The van der Waals surface area contributed by atoms with Crippen LogP contribution in [0.2, 0.25) is 0 Å². The van der Waals surface area contributed by atoms with Crippen molar-refractivity contribution in [3.63, 3.8) is 0 Å². The molecule has 0 aromatic carbocycles. The Hall–Kier alpha value is -2.03. The minimum Gasteiger partial charge on any atom is -0.462 e. The van der Waals surface area contributed by atoms with E-state index in [1.165, 1.54) is 180 Å². The summed E-state index contributed by atoms with van der Waals surface area (Å²) >= 11 is 0. The van der Waals surface area contributed by atoms with Crippen molar-refractivity contribution in [1.29, 1.82) is 0 Å². The molecule has 69 heavy (non-hydrogen) atoms. The van der Waals surface area contributed by atoms with Gasteiger partial charge in [-0.25, -0.2) is 4.57 Å². The van der Waals surface area contributed by atoms with Crippen LogP contribution in [0.1, 0.15) is 284 Å². The lowest BCUT2D eigenvalue weighted by molar-refractivity contribution is -0.161. The molecule has 0 heterocycles. The standard InChI is InChI=1S/C59H110NO8P/c1-3-5-7-9-11-13-15-17-19-21-23-25-27-28-30-31-33-35-37-39-41-43-45-47-49-51-58(61)65-55-57(56-67-69(63,64)66-54-53-60)68-59(62)52-50-48-46-44-42-40-38-36-34-32-29-26-24-22-20-18-16-14-12-10-8-6-4-2/h6,8,12,14,18,20,24,26,57H,3-5,7,9-11,13,15-17,19,21-23,25,27-56,60H2,1-2H3,(H,63,64)/b8-6-,14-12-,20-18-,26-24-. The SMILES string of the molecule is CC/C=C\C/C=C\C/C=C\C/C=C\CCCCCCCCCCCCC(=O)OC(COC(=O)CCCCCCCCCCCCCCCCCCCCCCCCCCC)COP(=O)(O)OCCN. The average molecular weight is 993 g/mol. The van der Waals surface area contributed by atoms with Crippen molar-refractivity contribution in [1.82, 2.24) is 0 Å². The summed E-state index contributed by atoms with van der Waals surface area (Å²) in [5, 5.41) is 0. The van der Waals surface area contributed by atoms with Crippen LogP contribution >= 0.6 is 7.82 Å². The number of phosphoric ester groups is 1. The molecule has 0 spiro atoms. The Balaban J connectivity index is 3.95. The number of ether oxygens (including phenoxy) is 2. The van der Waals surface area contributed by atoms with Gasteiger partial charge in [0.05, 0.1) is 13.2 Å². The van der Waals surface area contributed by atoms with E-state index in [4.69, 9.17) is 24.3 Å². The van der Waals surface area contributed by atoms with Gasteiger partial charge in [-0.1, -0.05) is 268 Å². The van der Waals surface area contributed by atoms with Gasteiger partial charge in [-0.15, -0.1) is 0 Å². The summed E-state index contributed by atoms with van der Waals surface area (Å²) in [7, 11) is -4.39. The second-order valence-corrected chi connectivity index (χ2v) is 20.9. The van der Waals surface area contributed by atoms with Gasteiger partial charge in [-0.2, -0.15) is 0 Å². The number of allylic oxidation sites excluding steroid dienone is 8. The van der Waals surface area contributed by atoms with Gasteiger partial charge in [0.2, 0.25) is 0 Å². The molecular weight excluding hydrogens is 882 g/mol. The molecule has 0 aromatic heterocycles. The minimum absolute atomic E-state index is 0.0529. The van der Waals surface area contributed by atoms with Crippen LogP contribution in [0, 0.1) is 0 Å². The fourth-order valence-electron chi connectivity index (χ4n) is 8.45. The van der Waals surface area contributed by atoms with Gasteiger partial charge >= 0.3 is 19.8 Å². The van der Waals surface area contributed by atoms with Crippen LogP contribution in [-0.4, -0.2) is 49.3 Å². The fraction of sp³-hybridized carbons (Fsp3) is 0.831. The molecule has 2 unspecified atom stereocenters. The van der Waals surface area contributed by atoms with Crippen LogP contribution < -0.4 is 5.73 Å². The van der Waals surface area contributed by atoms with Crippen LogP contribution in [0.15, 0.2) is 48.6 Å². The Morgan fingerprint density at radius 1 is 0.449 bits per heavy atom. The Morgan fingerprint density at radius 2 is 0.797 bits per heavy atom. The maximum absolute atomic E-state index is 12.7. The zero-order valence-corrected chi connectivity index (χ0v) is 45.9. The van der Waals surface area contributed by atoms with E-state index < -0.39 is 26.5 Å². The van der Waals surface area contributed by atoms with Gasteiger partial charge in [0, 0.05) is 19.4 Å². The van der Waals surface area contributed by atoms with Crippen LogP contribution in [0.5, 0.6) is 0 Å². The van der Waals surface area contributed by atoms with Crippen LogP contribution in [0.4, 0.5) is 0 Å². The van der Waals surface area contributed by atoms with Crippen molar-refractivity contribution >= 4 is 19.8 Å². The molecule has 10 heteroatoms. The molecule has 0 amide bonds. The predicted octanol–water partition coefficient (Wildman–Crippen LogP) is 18.2. The summed E-state index contributed by atoms with van der Waals surface area (Å²) < 4.78 is 33.0. The molecule has 9 nitrogen and oxygen atoms in total. The minimum atomic E-state index is -4.39. The Bertz CT molecular complexity index is 1270. The van der Waals surface area contributed by atoms with E-state index >= 15 is 0 Å². The summed E-state index contributed by atoms with van der Waals surface area (Å²) in [6, 6.07) is 0. The Labute approximate surface area is 426 Å². The predicted molar refractivity (Wildman–Crippen MR) is 293 cm³/mol. The quantitative estimate of drug-likeness (QED) is 0.0264. The maximum atomic E-state index is 12.7. The summed E-state index contributed by atoms with van der Waals surface area (Å²) in [4.78, 5) is 35.2. The van der Waals surface area contributed by atoms with E-state index in [1.54, 1.807) is 0 Å². The van der Waals surface area contributed by atoms with Crippen molar-refractivity contribution in [3.8, 4) is 0 Å². The Kier molecular flexibility index (Phi) is 53.7. The molecule has 0 radical (unpaired) electrons. The molecule has 0 aliphatic carbocycles. The highest BCUT2D eigenvalue weighted by Gasteiger charge is 2.26. The van der Waals surface area contributed by atoms with Crippen molar-refractivity contribution in [2.24, 2.45) is 5.73 Å². The van der Waals surface area contributed by atoms with Crippen LogP contribution in [0.3, 0.4) is 0 Å². The topological polar surface area (TPSA) is 134 Å². The van der Waals surface area contributed by atoms with Gasteiger partial charge in [0.25, 0.3) is 0 Å². The largest absolute Gasteiger partial charge is 0.472 e. The molecule has 0 saturated carbocycles. The Morgan fingerprint density at radius 3 is 1.19 bits per heavy atom. The zero-order valence-electron chi connectivity index (χ0n) is 45.1. The van der Waals surface area contributed by atoms with E-state index in [1.807, 2.05) is 0 Å². The van der Waals surface area contributed by atoms with Crippen molar-refractivity contribution in [2.45, 2.75) is 290 Å². The highest BCUT2D eigenvalue weighted by atomic mass is 31.2.